The highest BCUT2D eigenvalue weighted by atomic mass is 32.2. The van der Waals surface area contributed by atoms with Crippen LogP contribution in [0.5, 0.6) is 0 Å². The van der Waals surface area contributed by atoms with Gasteiger partial charge in [0.25, 0.3) is 0 Å². The number of nitrogens with zero attached hydrogens (tertiary/aromatic N) is 1. The first-order chi connectivity index (χ1) is 11.7. The van der Waals surface area contributed by atoms with Crippen LogP contribution < -0.4 is 0 Å². The molecule has 0 radical (unpaired) electrons. The molecule has 5 nitrogen and oxygen atoms in total. The summed E-state index contributed by atoms with van der Waals surface area (Å²) in [6.45, 7) is 0. The minimum Gasteiger partial charge on any atom is -0.313 e. The minimum atomic E-state index is -4.58. The molecule has 0 saturated heterocycles. The molecule has 1 aliphatic heterocycles. The van der Waals surface area contributed by atoms with Crippen LogP contribution >= 0.6 is 11.3 Å². The zero-order chi connectivity index (χ0) is 18.2. The lowest BCUT2D eigenvalue weighted by molar-refractivity contribution is -0.137. The van der Waals surface area contributed by atoms with Crippen molar-refractivity contribution in [1.82, 2.24) is 0 Å². The molecule has 3 rings (SSSR count). The summed E-state index contributed by atoms with van der Waals surface area (Å²) in [6.07, 6.45) is -4.52. The minimum absolute atomic E-state index is 0.0575. The van der Waals surface area contributed by atoms with Crippen molar-refractivity contribution in [3.05, 3.63) is 52.4 Å². The van der Waals surface area contributed by atoms with Gasteiger partial charge in [-0.3, -0.25) is 0 Å². The lowest BCUT2D eigenvalue weighted by atomic mass is 10.1. The summed E-state index contributed by atoms with van der Waals surface area (Å²) in [5.74, 6) is -1.22. The van der Waals surface area contributed by atoms with Crippen molar-refractivity contribution in [3.63, 3.8) is 0 Å². The number of hydrogen-bond donors (Lipinski definition) is 0. The Morgan fingerprint density at radius 2 is 2.00 bits per heavy atom. The van der Waals surface area contributed by atoms with E-state index in [2.05, 4.69) is 5.16 Å². The van der Waals surface area contributed by atoms with Gasteiger partial charge in [0.1, 0.15) is 4.21 Å². The SMILES string of the molecule is O=C(ON=C1CCS(=O)(=O)c2sccc21)c1cccc(C(F)(F)F)c1. The average molecular weight is 389 g/mol. The van der Waals surface area contributed by atoms with Gasteiger partial charge in [-0.15, -0.1) is 11.3 Å². The van der Waals surface area contributed by atoms with Crippen LogP contribution in [0.2, 0.25) is 0 Å². The molecule has 10 heteroatoms. The number of alkyl halides is 3. The fourth-order valence-corrected chi connectivity index (χ4v) is 5.09. The number of fused-ring (bicyclic) bond motifs is 1. The average Bonchev–Trinajstić information content (AvgIpc) is 3.04. The second-order valence-corrected chi connectivity index (χ2v) is 8.41. The summed E-state index contributed by atoms with van der Waals surface area (Å²) in [7, 11) is -3.37. The molecule has 2 aromatic rings. The van der Waals surface area contributed by atoms with E-state index in [1.807, 2.05) is 0 Å². The van der Waals surface area contributed by atoms with Gasteiger partial charge in [0, 0.05) is 12.0 Å². The third-order valence-corrected chi connectivity index (χ3v) is 6.78. The van der Waals surface area contributed by atoms with E-state index in [0.717, 1.165) is 23.5 Å². The zero-order valence-corrected chi connectivity index (χ0v) is 14.0. The third-order valence-electron chi connectivity index (χ3n) is 3.50. The number of benzene rings is 1. The molecule has 0 aliphatic carbocycles. The maximum absolute atomic E-state index is 12.7. The normalized spacial score (nSPS) is 18.0. The number of sulfone groups is 1. The fourth-order valence-electron chi connectivity index (χ4n) is 2.28. The van der Waals surface area contributed by atoms with E-state index in [1.165, 1.54) is 6.07 Å². The van der Waals surface area contributed by atoms with Gasteiger partial charge in [0.15, 0.2) is 9.84 Å². The van der Waals surface area contributed by atoms with Crippen molar-refractivity contribution < 1.29 is 31.2 Å². The molecule has 2 heterocycles. The standard InChI is InChI=1S/C15H10F3NO4S2/c16-15(17,18)10-3-1-2-9(8-10)13(20)23-19-12-5-7-25(21,22)14-11(12)4-6-24-14/h1-4,6,8H,5,7H2. The summed E-state index contributed by atoms with van der Waals surface area (Å²) >= 11 is 1.04. The highest BCUT2D eigenvalue weighted by molar-refractivity contribution is 7.93. The van der Waals surface area contributed by atoms with E-state index < -0.39 is 27.5 Å². The first-order valence-corrected chi connectivity index (χ1v) is 9.48. The Morgan fingerprint density at radius 3 is 2.72 bits per heavy atom. The van der Waals surface area contributed by atoms with Gasteiger partial charge < -0.3 is 4.84 Å². The second kappa shape index (κ2) is 6.26. The van der Waals surface area contributed by atoms with Crippen molar-refractivity contribution in [2.45, 2.75) is 16.8 Å². The van der Waals surface area contributed by atoms with E-state index >= 15 is 0 Å². The number of hydrogen-bond acceptors (Lipinski definition) is 6. The molecular weight excluding hydrogens is 379 g/mol. The molecule has 0 bridgehead atoms. The van der Waals surface area contributed by atoms with Gasteiger partial charge in [0.05, 0.1) is 22.6 Å². The Hall–Kier alpha value is -2.20. The topological polar surface area (TPSA) is 72.8 Å². The van der Waals surface area contributed by atoms with E-state index in [4.69, 9.17) is 4.84 Å². The molecular formula is C15H10F3NO4S2. The molecule has 0 N–H and O–H groups in total. The van der Waals surface area contributed by atoms with Crippen LogP contribution in [0.3, 0.4) is 0 Å². The highest BCUT2D eigenvalue weighted by Gasteiger charge is 2.32. The van der Waals surface area contributed by atoms with Crippen molar-refractivity contribution in [1.29, 1.82) is 0 Å². The molecule has 0 fully saturated rings. The van der Waals surface area contributed by atoms with Gasteiger partial charge >= 0.3 is 12.1 Å². The number of halogens is 3. The van der Waals surface area contributed by atoms with Crippen molar-refractivity contribution >= 4 is 32.9 Å². The number of oxime groups is 1. The lowest BCUT2D eigenvalue weighted by Gasteiger charge is -2.13. The molecule has 1 aromatic carbocycles. The van der Waals surface area contributed by atoms with Crippen molar-refractivity contribution in [3.8, 4) is 0 Å². The van der Waals surface area contributed by atoms with Gasteiger partial charge in [0.2, 0.25) is 0 Å². The summed E-state index contributed by atoms with van der Waals surface area (Å²) in [4.78, 5) is 16.7. The Kier molecular flexibility index (Phi) is 4.41. The van der Waals surface area contributed by atoms with E-state index in [1.54, 1.807) is 11.4 Å². The Morgan fingerprint density at radius 1 is 1.24 bits per heavy atom. The number of carbonyl (C=O) groups is 1. The second-order valence-electron chi connectivity index (χ2n) is 5.19. The molecule has 25 heavy (non-hydrogen) atoms. The predicted octanol–water partition coefficient (Wildman–Crippen LogP) is 3.51. The van der Waals surface area contributed by atoms with Gasteiger partial charge in [-0.2, -0.15) is 13.2 Å². The van der Waals surface area contributed by atoms with Crippen LogP contribution in [-0.2, 0) is 20.9 Å². The highest BCUT2D eigenvalue weighted by Crippen LogP contribution is 2.31. The van der Waals surface area contributed by atoms with Crippen molar-refractivity contribution in [2.24, 2.45) is 5.16 Å². The monoisotopic (exact) mass is 389 g/mol. The fraction of sp³-hybridized carbons (Fsp3) is 0.200. The molecule has 0 spiro atoms. The summed E-state index contributed by atoms with van der Waals surface area (Å²) in [5, 5.41) is 5.24. The Labute approximate surface area is 144 Å². The van der Waals surface area contributed by atoms with Gasteiger partial charge in [-0.25, -0.2) is 13.2 Å². The first-order valence-electron chi connectivity index (χ1n) is 6.94. The third kappa shape index (κ3) is 3.59. The summed E-state index contributed by atoms with van der Waals surface area (Å²) in [5.41, 5.74) is -0.647. The smallest absolute Gasteiger partial charge is 0.313 e. The van der Waals surface area contributed by atoms with Crippen LogP contribution in [0, 0.1) is 0 Å². The number of carbonyl (C=O) groups excluding carboxylic acids is 1. The largest absolute Gasteiger partial charge is 0.416 e. The van der Waals surface area contributed by atoms with Crippen LogP contribution in [0.4, 0.5) is 13.2 Å². The molecule has 0 saturated carbocycles. The molecule has 0 unspecified atom stereocenters. The Balaban J connectivity index is 1.83. The van der Waals surface area contributed by atoms with Crippen LogP contribution in [-0.4, -0.2) is 25.9 Å². The molecule has 0 atom stereocenters. The van der Waals surface area contributed by atoms with E-state index in [-0.39, 0.29) is 27.7 Å². The number of thiophene rings is 1. The van der Waals surface area contributed by atoms with E-state index in [0.29, 0.717) is 11.6 Å². The lowest BCUT2D eigenvalue weighted by Crippen LogP contribution is -2.20. The van der Waals surface area contributed by atoms with Gasteiger partial charge in [-0.1, -0.05) is 11.2 Å². The first kappa shape index (κ1) is 17.6. The van der Waals surface area contributed by atoms with Gasteiger partial charge in [-0.05, 0) is 29.6 Å². The summed E-state index contributed by atoms with van der Waals surface area (Å²) < 4.78 is 62.0. The molecule has 1 aliphatic rings. The molecule has 1 aromatic heterocycles. The van der Waals surface area contributed by atoms with Crippen molar-refractivity contribution in [2.75, 3.05) is 5.75 Å². The molecule has 0 amide bonds. The maximum Gasteiger partial charge on any atom is 0.416 e. The quantitative estimate of drug-likeness (QED) is 0.582. The van der Waals surface area contributed by atoms with Crippen LogP contribution in [0.1, 0.15) is 27.9 Å². The number of rotatable bonds is 2. The predicted molar refractivity (Wildman–Crippen MR) is 84.4 cm³/mol. The zero-order valence-electron chi connectivity index (χ0n) is 12.4. The molecule has 132 valence electrons. The Bertz CT molecular complexity index is 961. The van der Waals surface area contributed by atoms with Crippen LogP contribution in [0.15, 0.2) is 45.1 Å². The maximum atomic E-state index is 12.7. The summed E-state index contributed by atoms with van der Waals surface area (Å²) in [6, 6.07) is 5.33. The van der Waals surface area contributed by atoms with E-state index in [9.17, 15) is 26.4 Å². The van der Waals surface area contributed by atoms with Crippen LogP contribution in [0.25, 0.3) is 0 Å².